The van der Waals surface area contributed by atoms with Crippen LogP contribution in [0.15, 0.2) is 0 Å². The minimum Gasteiger partial charge on any atom is -0.456 e. The Balaban J connectivity index is 3.23. The molecule has 0 aromatic carbocycles. The zero-order valence-electron chi connectivity index (χ0n) is 13.7. The Morgan fingerprint density at radius 2 is 1.17 bits per heavy atom. The second-order valence-electron chi connectivity index (χ2n) is 5.06. The van der Waals surface area contributed by atoms with E-state index >= 15 is 0 Å². The van der Waals surface area contributed by atoms with Gasteiger partial charge in [-0.2, -0.15) is 0 Å². The van der Waals surface area contributed by atoms with Gasteiger partial charge in [0.25, 0.3) is 0 Å². The van der Waals surface area contributed by atoms with Crippen molar-refractivity contribution in [2.24, 2.45) is 0 Å². The van der Waals surface area contributed by atoms with E-state index in [4.69, 9.17) is 23.7 Å². The summed E-state index contributed by atoms with van der Waals surface area (Å²) >= 11 is 0. The summed E-state index contributed by atoms with van der Waals surface area (Å²) in [4.78, 5) is 45.3. The van der Waals surface area contributed by atoms with E-state index in [0.717, 1.165) is 27.7 Å². The molecule has 136 valence electrons. The molecule has 1 aliphatic rings. The molecule has 1 rings (SSSR count). The van der Waals surface area contributed by atoms with Gasteiger partial charge >= 0.3 is 23.9 Å². The Morgan fingerprint density at radius 3 is 1.58 bits per heavy atom. The lowest BCUT2D eigenvalue weighted by molar-refractivity contribution is -0.299. The van der Waals surface area contributed by atoms with Gasteiger partial charge in [0.2, 0.25) is 12.4 Å². The van der Waals surface area contributed by atoms with Gasteiger partial charge in [0.15, 0.2) is 12.2 Å². The Kier molecular flexibility index (Phi) is 7.11. The van der Waals surface area contributed by atoms with Crippen molar-refractivity contribution in [3.8, 4) is 0 Å². The van der Waals surface area contributed by atoms with Crippen LogP contribution in [0.25, 0.3) is 0 Å². The van der Waals surface area contributed by atoms with Gasteiger partial charge in [0.1, 0.15) is 6.10 Å². The second kappa shape index (κ2) is 8.60. The normalized spacial score (nSPS) is 29.3. The number of hydrogen-bond donors (Lipinski definition) is 1. The first kappa shape index (κ1) is 19.8. The molecule has 1 N–H and O–H groups in total. The SMILES string of the molecule is CC(=O)OC1O[C@H](CO)[C@H](OC(C)=O)[C@H](OC(C)=O)[C@@H]1OC(C)=O. The zero-order valence-corrected chi connectivity index (χ0v) is 13.7. The summed E-state index contributed by atoms with van der Waals surface area (Å²) in [6, 6.07) is 0. The van der Waals surface area contributed by atoms with Crippen LogP contribution in [0.2, 0.25) is 0 Å². The first-order chi connectivity index (χ1) is 11.1. The highest BCUT2D eigenvalue weighted by molar-refractivity contribution is 5.69. The number of hydrogen-bond acceptors (Lipinski definition) is 10. The molecular formula is C14H20O10. The Bertz CT molecular complexity index is 502. The van der Waals surface area contributed by atoms with Crippen LogP contribution < -0.4 is 0 Å². The van der Waals surface area contributed by atoms with Crippen LogP contribution in [0.5, 0.6) is 0 Å². The number of esters is 4. The molecule has 0 amide bonds. The predicted molar refractivity (Wildman–Crippen MR) is 74.2 cm³/mol. The van der Waals surface area contributed by atoms with Crippen LogP contribution in [-0.2, 0) is 42.9 Å². The smallest absolute Gasteiger partial charge is 0.305 e. The van der Waals surface area contributed by atoms with Crippen molar-refractivity contribution in [2.45, 2.75) is 58.4 Å². The molecule has 10 heteroatoms. The van der Waals surface area contributed by atoms with Gasteiger partial charge < -0.3 is 28.8 Å². The summed E-state index contributed by atoms with van der Waals surface area (Å²) in [6.45, 7) is 3.77. The summed E-state index contributed by atoms with van der Waals surface area (Å²) < 4.78 is 25.4. The quantitative estimate of drug-likeness (QED) is 0.490. The average Bonchev–Trinajstić information content (AvgIpc) is 2.42. The molecule has 5 atom stereocenters. The summed E-state index contributed by atoms with van der Waals surface area (Å²) in [6.07, 6.45) is -6.56. The first-order valence-electron chi connectivity index (χ1n) is 7.11. The van der Waals surface area contributed by atoms with Crippen molar-refractivity contribution in [1.82, 2.24) is 0 Å². The van der Waals surface area contributed by atoms with Crippen LogP contribution in [0.1, 0.15) is 27.7 Å². The summed E-state index contributed by atoms with van der Waals surface area (Å²) in [7, 11) is 0. The van der Waals surface area contributed by atoms with E-state index in [1.54, 1.807) is 0 Å². The van der Waals surface area contributed by atoms with E-state index in [0.29, 0.717) is 0 Å². The molecule has 1 aliphatic heterocycles. The zero-order chi connectivity index (χ0) is 18.4. The first-order valence-corrected chi connectivity index (χ1v) is 7.11. The van der Waals surface area contributed by atoms with E-state index in [2.05, 4.69) is 0 Å². The molecule has 1 saturated heterocycles. The number of rotatable bonds is 5. The number of carbonyl (C=O) groups is 4. The number of carbonyl (C=O) groups excluding carboxylic acids is 4. The fraction of sp³-hybridized carbons (Fsp3) is 0.714. The molecule has 0 radical (unpaired) electrons. The van der Waals surface area contributed by atoms with Crippen molar-refractivity contribution < 1.29 is 48.0 Å². The fourth-order valence-corrected chi connectivity index (χ4v) is 2.26. The average molecular weight is 348 g/mol. The van der Waals surface area contributed by atoms with Crippen LogP contribution in [0.4, 0.5) is 0 Å². The molecular weight excluding hydrogens is 328 g/mol. The van der Waals surface area contributed by atoms with Crippen LogP contribution >= 0.6 is 0 Å². The van der Waals surface area contributed by atoms with Gasteiger partial charge in [-0.15, -0.1) is 0 Å². The maximum absolute atomic E-state index is 11.4. The minimum atomic E-state index is -1.44. The van der Waals surface area contributed by atoms with Crippen molar-refractivity contribution >= 4 is 23.9 Å². The fourth-order valence-electron chi connectivity index (χ4n) is 2.26. The van der Waals surface area contributed by atoms with Gasteiger partial charge in [0.05, 0.1) is 6.61 Å². The highest BCUT2D eigenvalue weighted by atomic mass is 16.7. The third-order valence-electron chi connectivity index (χ3n) is 2.96. The standard InChI is InChI=1S/C14H20O10/c1-6(16)20-11-10(5-15)24-14(23-9(4)19)13(22-8(3)18)12(11)21-7(2)17/h10-15H,5H2,1-4H3/t10-,11+,12+,13+,14?/m1/s1. The molecule has 0 saturated carbocycles. The molecule has 1 heterocycles. The highest BCUT2D eigenvalue weighted by Crippen LogP contribution is 2.29. The summed E-state index contributed by atoms with van der Waals surface area (Å²) in [5.74, 6) is -3.00. The van der Waals surface area contributed by atoms with Crippen molar-refractivity contribution in [1.29, 1.82) is 0 Å². The Morgan fingerprint density at radius 1 is 0.750 bits per heavy atom. The lowest BCUT2D eigenvalue weighted by Crippen LogP contribution is -2.62. The van der Waals surface area contributed by atoms with Crippen molar-refractivity contribution in [3.63, 3.8) is 0 Å². The predicted octanol–water partition coefficient (Wildman–Crippen LogP) is -0.938. The Hall–Kier alpha value is -2.20. The van der Waals surface area contributed by atoms with E-state index in [-0.39, 0.29) is 0 Å². The van der Waals surface area contributed by atoms with Crippen molar-refractivity contribution in [2.75, 3.05) is 6.61 Å². The molecule has 24 heavy (non-hydrogen) atoms. The molecule has 0 spiro atoms. The minimum absolute atomic E-state index is 0.625. The van der Waals surface area contributed by atoms with Gasteiger partial charge in [-0.25, -0.2) is 0 Å². The summed E-state index contributed by atoms with van der Waals surface area (Å²) in [5.41, 5.74) is 0. The Labute approximate surface area is 137 Å². The van der Waals surface area contributed by atoms with Gasteiger partial charge in [-0.1, -0.05) is 0 Å². The molecule has 0 aliphatic carbocycles. The third kappa shape index (κ3) is 5.46. The topological polar surface area (TPSA) is 135 Å². The van der Waals surface area contributed by atoms with Crippen LogP contribution in [-0.4, -0.2) is 66.3 Å². The maximum atomic E-state index is 11.4. The van der Waals surface area contributed by atoms with E-state index in [9.17, 15) is 24.3 Å². The molecule has 0 aromatic rings. The molecule has 1 unspecified atom stereocenters. The molecule has 10 nitrogen and oxygen atoms in total. The monoisotopic (exact) mass is 348 g/mol. The van der Waals surface area contributed by atoms with E-state index in [1.165, 1.54) is 0 Å². The lowest BCUT2D eigenvalue weighted by atomic mass is 9.98. The van der Waals surface area contributed by atoms with Gasteiger partial charge in [0, 0.05) is 27.7 Å². The van der Waals surface area contributed by atoms with Crippen LogP contribution in [0.3, 0.4) is 0 Å². The maximum Gasteiger partial charge on any atom is 0.305 e. The lowest BCUT2D eigenvalue weighted by Gasteiger charge is -2.43. The van der Waals surface area contributed by atoms with E-state index in [1.807, 2.05) is 0 Å². The van der Waals surface area contributed by atoms with Crippen molar-refractivity contribution in [3.05, 3.63) is 0 Å². The largest absolute Gasteiger partial charge is 0.456 e. The number of aliphatic hydroxyl groups is 1. The molecule has 0 aromatic heterocycles. The number of aliphatic hydroxyl groups excluding tert-OH is 1. The van der Waals surface area contributed by atoms with Gasteiger partial charge in [-0.3, -0.25) is 19.2 Å². The molecule has 0 bridgehead atoms. The molecule has 1 fully saturated rings. The van der Waals surface area contributed by atoms with Crippen LogP contribution in [0, 0.1) is 0 Å². The summed E-state index contributed by atoms with van der Waals surface area (Å²) in [5, 5.41) is 9.44. The third-order valence-corrected chi connectivity index (χ3v) is 2.96. The number of ether oxygens (including phenoxy) is 5. The second-order valence-corrected chi connectivity index (χ2v) is 5.06. The van der Waals surface area contributed by atoms with E-state index < -0.39 is 61.2 Å². The highest BCUT2D eigenvalue weighted by Gasteiger charge is 2.53. The van der Waals surface area contributed by atoms with Gasteiger partial charge in [-0.05, 0) is 0 Å².